The number of hydrogen-bond acceptors (Lipinski definition) is 6. The first-order chi connectivity index (χ1) is 13.3. The largest absolute Gasteiger partial charge is 0.494 e. The first kappa shape index (κ1) is 19.0. The lowest BCUT2D eigenvalue weighted by Gasteiger charge is -2.11. The third-order valence-electron chi connectivity index (χ3n) is 4.34. The number of unbranched alkanes of at least 4 members (excludes halogenated alkanes) is 1. The van der Waals surface area contributed by atoms with Crippen LogP contribution in [0, 0.1) is 0 Å². The van der Waals surface area contributed by atoms with E-state index in [0.717, 1.165) is 36.3 Å². The molecule has 7 heteroatoms. The van der Waals surface area contributed by atoms with Gasteiger partial charge in [-0.1, -0.05) is 31.5 Å². The number of carbonyl (C=O) groups is 1. The van der Waals surface area contributed by atoms with Gasteiger partial charge in [-0.3, -0.25) is 9.78 Å². The summed E-state index contributed by atoms with van der Waals surface area (Å²) in [6, 6.07) is 11.4. The number of hydrazone groups is 1. The molecule has 27 heavy (non-hydrogen) atoms. The highest BCUT2D eigenvalue weighted by molar-refractivity contribution is 5.84. The Kier molecular flexibility index (Phi) is 6.90. The molecule has 1 aliphatic rings. The summed E-state index contributed by atoms with van der Waals surface area (Å²) in [5, 5.41) is 3.98. The van der Waals surface area contributed by atoms with E-state index in [4.69, 9.17) is 4.74 Å². The van der Waals surface area contributed by atoms with Gasteiger partial charge in [0.1, 0.15) is 11.8 Å². The molecule has 3 rings (SSSR count). The van der Waals surface area contributed by atoms with Gasteiger partial charge in [-0.2, -0.15) is 5.10 Å². The summed E-state index contributed by atoms with van der Waals surface area (Å²) >= 11 is 0. The molecule has 2 atom stereocenters. The van der Waals surface area contributed by atoms with Gasteiger partial charge in [0.2, 0.25) is 0 Å². The Morgan fingerprint density at radius 3 is 2.93 bits per heavy atom. The van der Waals surface area contributed by atoms with Crippen LogP contribution in [0.5, 0.6) is 5.75 Å². The van der Waals surface area contributed by atoms with Crippen LogP contribution < -0.4 is 21.0 Å². The van der Waals surface area contributed by atoms with Crippen LogP contribution in [0.1, 0.15) is 43.4 Å². The van der Waals surface area contributed by atoms with Gasteiger partial charge in [0, 0.05) is 24.0 Å². The van der Waals surface area contributed by atoms with Gasteiger partial charge in [0.05, 0.1) is 12.8 Å². The van der Waals surface area contributed by atoms with E-state index in [-0.39, 0.29) is 18.0 Å². The predicted molar refractivity (Wildman–Crippen MR) is 104 cm³/mol. The van der Waals surface area contributed by atoms with Crippen molar-refractivity contribution in [1.29, 1.82) is 0 Å². The van der Waals surface area contributed by atoms with Crippen LogP contribution in [-0.2, 0) is 4.79 Å². The van der Waals surface area contributed by atoms with E-state index in [1.807, 2.05) is 36.4 Å². The number of ether oxygens (including phenoxy) is 1. The van der Waals surface area contributed by atoms with Crippen LogP contribution in [0.3, 0.4) is 0 Å². The van der Waals surface area contributed by atoms with Crippen molar-refractivity contribution in [3.63, 3.8) is 0 Å². The maximum atomic E-state index is 12.3. The Morgan fingerprint density at radius 1 is 1.33 bits per heavy atom. The molecule has 2 unspecified atom stereocenters. The highest BCUT2D eigenvalue weighted by Gasteiger charge is 2.29. The monoisotopic (exact) mass is 367 g/mol. The SMILES string of the molecule is CCCCOc1ccc(C2CC(C(=O)N/N=C/c3cccnc3)NN2)cc1. The second-order valence-electron chi connectivity index (χ2n) is 6.42. The van der Waals surface area contributed by atoms with Crippen molar-refractivity contribution in [3.8, 4) is 5.75 Å². The molecule has 1 saturated heterocycles. The van der Waals surface area contributed by atoms with E-state index in [1.54, 1.807) is 18.6 Å². The van der Waals surface area contributed by atoms with Crippen LogP contribution in [0.2, 0.25) is 0 Å². The standard InChI is InChI=1S/C20H25N5O2/c1-2-3-11-27-17-8-6-16(7-9-17)18-12-19(24-23-18)20(26)25-22-14-15-5-4-10-21-13-15/h4-10,13-14,18-19,23-24H,2-3,11-12H2,1H3,(H,25,26)/b22-14+. The number of nitrogens with one attached hydrogen (secondary N) is 3. The second kappa shape index (κ2) is 9.80. The van der Waals surface area contributed by atoms with E-state index in [0.29, 0.717) is 6.42 Å². The summed E-state index contributed by atoms with van der Waals surface area (Å²) in [4.78, 5) is 16.2. The zero-order valence-electron chi connectivity index (χ0n) is 15.4. The molecule has 3 N–H and O–H groups in total. The molecule has 1 fully saturated rings. The first-order valence-corrected chi connectivity index (χ1v) is 9.23. The fourth-order valence-corrected chi connectivity index (χ4v) is 2.78. The number of hydrazine groups is 1. The van der Waals surface area contributed by atoms with E-state index in [2.05, 4.69) is 33.3 Å². The van der Waals surface area contributed by atoms with E-state index >= 15 is 0 Å². The Bertz CT molecular complexity index is 749. The van der Waals surface area contributed by atoms with Crippen LogP contribution in [0.4, 0.5) is 0 Å². The number of carbonyl (C=O) groups excluding carboxylic acids is 1. The third kappa shape index (κ3) is 5.60. The van der Waals surface area contributed by atoms with Gasteiger partial charge in [0.15, 0.2) is 0 Å². The lowest BCUT2D eigenvalue weighted by atomic mass is 10.0. The number of rotatable bonds is 8. The molecule has 0 spiro atoms. The average Bonchev–Trinajstić information content (AvgIpc) is 3.20. The van der Waals surface area contributed by atoms with Crippen LogP contribution >= 0.6 is 0 Å². The fourth-order valence-electron chi connectivity index (χ4n) is 2.78. The highest BCUT2D eigenvalue weighted by Crippen LogP contribution is 2.24. The number of amides is 1. The average molecular weight is 367 g/mol. The summed E-state index contributed by atoms with van der Waals surface area (Å²) in [6.07, 6.45) is 7.75. The molecule has 1 aliphatic heterocycles. The van der Waals surface area contributed by atoms with Crippen molar-refractivity contribution < 1.29 is 9.53 Å². The van der Waals surface area contributed by atoms with Crippen molar-refractivity contribution in [2.75, 3.05) is 6.61 Å². The van der Waals surface area contributed by atoms with Gasteiger partial charge < -0.3 is 4.74 Å². The van der Waals surface area contributed by atoms with Crippen molar-refractivity contribution in [3.05, 3.63) is 59.9 Å². The van der Waals surface area contributed by atoms with Gasteiger partial charge in [0.25, 0.3) is 5.91 Å². The predicted octanol–water partition coefficient (Wildman–Crippen LogP) is 2.32. The van der Waals surface area contributed by atoms with E-state index < -0.39 is 0 Å². The first-order valence-electron chi connectivity index (χ1n) is 9.23. The number of aromatic nitrogens is 1. The summed E-state index contributed by atoms with van der Waals surface area (Å²) in [6.45, 7) is 2.88. The van der Waals surface area contributed by atoms with Gasteiger partial charge in [-0.15, -0.1) is 0 Å². The molecule has 2 heterocycles. The minimum Gasteiger partial charge on any atom is -0.494 e. The normalized spacial score (nSPS) is 19.3. The molecule has 1 aromatic heterocycles. The minimum absolute atomic E-state index is 0.0627. The molecule has 7 nitrogen and oxygen atoms in total. The molecule has 0 bridgehead atoms. The molecule has 0 radical (unpaired) electrons. The molecule has 1 aromatic carbocycles. The van der Waals surface area contributed by atoms with Crippen LogP contribution in [0.25, 0.3) is 0 Å². The molecule has 0 aliphatic carbocycles. The van der Waals surface area contributed by atoms with Crippen LogP contribution in [0.15, 0.2) is 53.9 Å². The molecule has 1 amide bonds. The highest BCUT2D eigenvalue weighted by atomic mass is 16.5. The van der Waals surface area contributed by atoms with E-state index in [9.17, 15) is 4.79 Å². The Labute approximate surface area is 159 Å². The quantitative estimate of drug-likeness (QED) is 0.379. The van der Waals surface area contributed by atoms with Crippen molar-refractivity contribution >= 4 is 12.1 Å². The van der Waals surface area contributed by atoms with Crippen molar-refractivity contribution in [2.24, 2.45) is 5.10 Å². The maximum Gasteiger partial charge on any atom is 0.258 e. The maximum absolute atomic E-state index is 12.3. The molecular formula is C20H25N5O2. The molecule has 142 valence electrons. The summed E-state index contributed by atoms with van der Waals surface area (Å²) in [7, 11) is 0. The number of benzene rings is 1. The topological polar surface area (TPSA) is 87.6 Å². The van der Waals surface area contributed by atoms with Crippen molar-refractivity contribution in [2.45, 2.75) is 38.3 Å². The lowest BCUT2D eigenvalue weighted by molar-refractivity contribution is -0.122. The molecule has 0 saturated carbocycles. The Balaban J connectivity index is 1.47. The third-order valence-corrected chi connectivity index (χ3v) is 4.34. The number of pyridine rings is 1. The Hall–Kier alpha value is -2.77. The zero-order chi connectivity index (χ0) is 18.9. The smallest absolute Gasteiger partial charge is 0.258 e. The lowest BCUT2D eigenvalue weighted by Crippen LogP contribution is -2.41. The zero-order valence-corrected chi connectivity index (χ0v) is 15.4. The fraction of sp³-hybridized carbons (Fsp3) is 0.350. The summed E-state index contributed by atoms with van der Waals surface area (Å²) in [5.41, 5.74) is 10.7. The van der Waals surface area contributed by atoms with Crippen molar-refractivity contribution in [1.82, 2.24) is 21.3 Å². The molecular weight excluding hydrogens is 342 g/mol. The minimum atomic E-state index is -0.346. The van der Waals surface area contributed by atoms with Gasteiger partial charge in [-0.05, 0) is 36.6 Å². The Morgan fingerprint density at radius 2 is 2.19 bits per heavy atom. The summed E-state index contributed by atoms with van der Waals surface area (Å²) in [5.74, 6) is 0.696. The number of nitrogens with zero attached hydrogens (tertiary/aromatic N) is 2. The molecule has 2 aromatic rings. The van der Waals surface area contributed by atoms with Gasteiger partial charge in [-0.25, -0.2) is 16.3 Å². The summed E-state index contributed by atoms with van der Waals surface area (Å²) < 4.78 is 5.68. The number of hydrogen-bond donors (Lipinski definition) is 3. The van der Waals surface area contributed by atoms with Gasteiger partial charge >= 0.3 is 0 Å². The van der Waals surface area contributed by atoms with E-state index in [1.165, 1.54) is 0 Å². The second-order valence-corrected chi connectivity index (χ2v) is 6.42. The van der Waals surface area contributed by atoms with Crippen LogP contribution in [-0.4, -0.2) is 29.8 Å².